The molecule has 3 nitrogen and oxygen atoms in total. The van der Waals surface area contributed by atoms with Crippen molar-refractivity contribution in [3.05, 3.63) is 34.9 Å². The van der Waals surface area contributed by atoms with Crippen molar-refractivity contribution in [2.45, 2.75) is 12.0 Å². The van der Waals surface area contributed by atoms with E-state index in [1.54, 1.807) is 0 Å². The molecule has 0 amide bonds. The van der Waals surface area contributed by atoms with Crippen LogP contribution in [-0.4, -0.2) is 17.0 Å². The third-order valence-electron chi connectivity index (χ3n) is 1.90. The average molecular weight is 236 g/mol. The van der Waals surface area contributed by atoms with Crippen LogP contribution in [0.2, 0.25) is 5.02 Å². The van der Waals surface area contributed by atoms with Crippen LogP contribution in [0.15, 0.2) is 24.3 Å². The van der Waals surface area contributed by atoms with Crippen molar-refractivity contribution in [3.8, 4) is 0 Å². The Balaban J connectivity index is 2.99. The number of carboxylic acids is 1. The molecule has 0 aliphatic heterocycles. The van der Waals surface area contributed by atoms with E-state index in [0.717, 1.165) is 0 Å². The normalized spacial score (nSPS) is 13.6. The monoisotopic (exact) mass is 235 g/mol. The van der Waals surface area contributed by atoms with Gasteiger partial charge in [0.2, 0.25) is 0 Å². The number of hydrogen-bond acceptors (Lipinski definition) is 2. The van der Waals surface area contributed by atoms with Gasteiger partial charge in [-0.3, -0.25) is 0 Å². The number of aliphatic carboxylic acids is 1. The minimum atomic E-state index is -3.99. The average Bonchev–Trinajstić information content (AvgIpc) is 2.17. The first kappa shape index (κ1) is 11.9. The number of benzene rings is 1. The molecule has 1 aromatic rings. The zero-order valence-electron chi connectivity index (χ0n) is 7.45. The molecule has 0 bridgehead atoms. The van der Waals surface area contributed by atoms with Gasteiger partial charge < -0.3 is 10.8 Å². The Bertz CT molecular complexity index is 367. The second-order valence-corrected chi connectivity index (χ2v) is 3.39. The molecule has 0 spiro atoms. The van der Waals surface area contributed by atoms with Crippen molar-refractivity contribution in [3.63, 3.8) is 0 Å². The van der Waals surface area contributed by atoms with Crippen LogP contribution in [0.4, 0.5) is 8.78 Å². The molecule has 0 saturated carbocycles. The SMILES string of the molecule is N[C@@H](c1ccc(Cl)cc1)C(F)(F)C(=O)O. The summed E-state index contributed by atoms with van der Waals surface area (Å²) in [6, 6.07) is 3.39. The van der Waals surface area contributed by atoms with Gasteiger partial charge in [0.1, 0.15) is 6.04 Å². The van der Waals surface area contributed by atoms with Crippen molar-refractivity contribution in [1.29, 1.82) is 0 Å². The van der Waals surface area contributed by atoms with E-state index in [9.17, 15) is 13.6 Å². The van der Waals surface area contributed by atoms with Crippen LogP contribution in [0.25, 0.3) is 0 Å². The van der Waals surface area contributed by atoms with E-state index >= 15 is 0 Å². The molecule has 0 radical (unpaired) electrons. The van der Waals surface area contributed by atoms with Gasteiger partial charge in [-0.2, -0.15) is 8.78 Å². The van der Waals surface area contributed by atoms with Crippen LogP contribution in [0.3, 0.4) is 0 Å². The molecule has 6 heteroatoms. The van der Waals surface area contributed by atoms with Gasteiger partial charge in [-0.05, 0) is 17.7 Å². The maximum absolute atomic E-state index is 13.0. The molecule has 1 rings (SSSR count). The van der Waals surface area contributed by atoms with E-state index < -0.39 is 17.9 Å². The Morgan fingerprint density at radius 1 is 1.40 bits per heavy atom. The molecule has 82 valence electrons. The first-order valence-electron chi connectivity index (χ1n) is 3.98. The van der Waals surface area contributed by atoms with E-state index in [0.29, 0.717) is 5.02 Å². The lowest BCUT2D eigenvalue weighted by molar-refractivity contribution is -0.168. The first-order valence-corrected chi connectivity index (χ1v) is 4.35. The third kappa shape index (κ3) is 2.43. The van der Waals surface area contributed by atoms with Gasteiger partial charge in [0, 0.05) is 5.02 Å². The zero-order chi connectivity index (χ0) is 11.6. The predicted molar refractivity (Wildman–Crippen MR) is 51.0 cm³/mol. The second-order valence-electron chi connectivity index (χ2n) is 2.96. The minimum absolute atomic E-state index is 0.0202. The molecular weight excluding hydrogens is 228 g/mol. The first-order chi connectivity index (χ1) is 6.85. The fourth-order valence-corrected chi connectivity index (χ4v) is 1.14. The van der Waals surface area contributed by atoms with E-state index in [1.807, 2.05) is 0 Å². The highest BCUT2D eigenvalue weighted by Crippen LogP contribution is 2.29. The summed E-state index contributed by atoms with van der Waals surface area (Å²) in [6.45, 7) is 0. The fourth-order valence-electron chi connectivity index (χ4n) is 1.01. The lowest BCUT2D eigenvalue weighted by Crippen LogP contribution is -2.40. The smallest absolute Gasteiger partial charge is 0.376 e. The lowest BCUT2D eigenvalue weighted by Gasteiger charge is -2.19. The summed E-state index contributed by atoms with van der Waals surface area (Å²) in [7, 11) is 0. The molecular formula is C9H8ClF2NO2. The Labute approximate surface area is 89.5 Å². The zero-order valence-corrected chi connectivity index (χ0v) is 8.21. The Morgan fingerprint density at radius 3 is 2.27 bits per heavy atom. The largest absolute Gasteiger partial charge is 0.477 e. The number of carboxylic acid groups (broad SMARTS) is 1. The van der Waals surface area contributed by atoms with Crippen LogP contribution >= 0.6 is 11.6 Å². The van der Waals surface area contributed by atoms with Gasteiger partial charge >= 0.3 is 11.9 Å². The Hall–Kier alpha value is -1.20. The molecule has 0 fully saturated rings. The van der Waals surface area contributed by atoms with Crippen molar-refractivity contribution >= 4 is 17.6 Å². The highest BCUT2D eigenvalue weighted by Gasteiger charge is 2.46. The van der Waals surface area contributed by atoms with Gasteiger partial charge in [-0.25, -0.2) is 4.79 Å². The van der Waals surface area contributed by atoms with Gasteiger partial charge in [-0.15, -0.1) is 0 Å². The minimum Gasteiger partial charge on any atom is -0.477 e. The number of halogens is 3. The van der Waals surface area contributed by atoms with E-state index in [1.165, 1.54) is 24.3 Å². The molecule has 0 aliphatic carbocycles. The maximum Gasteiger partial charge on any atom is 0.376 e. The van der Waals surface area contributed by atoms with E-state index in [2.05, 4.69) is 0 Å². The van der Waals surface area contributed by atoms with E-state index in [4.69, 9.17) is 22.4 Å². The predicted octanol–water partition coefficient (Wildman–Crippen LogP) is 2.06. The van der Waals surface area contributed by atoms with Crippen LogP contribution in [0.1, 0.15) is 11.6 Å². The standard InChI is InChI=1S/C9H8ClF2NO2/c10-6-3-1-5(2-4-6)7(13)9(11,12)8(14)15/h1-4,7H,13H2,(H,14,15)/t7-/m0/s1. The van der Waals surface area contributed by atoms with Gasteiger partial charge in [0.25, 0.3) is 0 Å². The van der Waals surface area contributed by atoms with Crippen molar-refractivity contribution in [2.24, 2.45) is 5.73 Å². The molecule has 3 N–H and O–H groups in total. The van der Waals surface area contributed by atoms with E-state index in [-0.39, 0.29) is 5.56 Å². The van der Waals surface area contributed by atoms with Crippen LogP contribution < -0.4 is 5.73 Å². The maximum atomic E-state index is 13.0. The number of carbonyl (C=O) groups is 1. The number of hydrogen-bond donors (Lipinski definition) is 2. The molecule has 15 heavy (non-hydrogen) atoms. The topological polar surface area (TPSA) is 63.3 Å². The summed E-state index contributed by atoms with van der Waals surface area (Å²) >= 11 is 5.55. The Kier molecular flexibility index (Phi) is 3.26. The summed E-state index contributed by atoms with van der Waals surface area (Å²) in [5, 5.41) is 8.64. The molecule has 0 aliphatic rings. The Morgan fingerprint density at radius 2 is 1.87 bits per heavy atom. The van der Waals surface area contributed by atoms with Crippen molar-refractivity contribution in [2.75, 3.05) is 0 Å². The van der Waals surface area contributed by atoms with Crippen molar-refractivity contribution in [1.82, 2.24) is 0 Å². The highest BCUT2D eigenvalue weighted by molar-refractivity contribution is 6.30. The molecule has 1 atom stereocenters. The molecule has 0 heterocycles. The number of rotatable bonds is 3. The lowest BCUT2D eigenvalue weighted by atomic mass is 10.0. The summed E-state index contributed by atoms with van der Waals surface area (Å²) in [5.41, 5.74) is 5.17. The van der Waals surface area contributed by atoms with Gasteiger partial charge in [0.15, 0.2) is 0 Å². The summed E-state index contributed by atoms with van der Waals surface area (Å²) < 4.78 is 25.9. The van der Waals surface area contributed by atoms with Crippen LogP contribution in [0.5, 0.6) is 0 Å². The van der Waals surface area contributed by atoms with Gasteiger partial charge in [0.05, 0.1) is 0 Å². The molecule has 0 aromatic heterocycles. The quantitative estimate of drug-likeness (QED) is 0.843. The summed E-state index contributed by atoms with van der Waals surface area (Å²) in [6.07, 6.45) is 0. The molecule has 0 saturated heterocycles. The van der Waals surface area contributed by atoms with Crippen LogP contribution in [-0.2, 0) is 4.79 Å². The van der Waals surface area contributed by atoms with Crippen LogP contribution in [0, 0.1) is 0 Å². The number of alkyl halides is 2. The fraction of sp³-hybridized carbons (Fsp3) is 0.222. The summed E-state index contributed by atoms with van der Waals surface area (Å²) in [4.78, 5) is 10.2. The van der Waals surface area contributed by atoms with Gasteiger partial charge in [-0.1, -0.05) is 23.7 Å². The molecule has 0 unspecified atom stereocenters. The summed E-state index contributed by atoms with van der Waals surface area (Å²) in [5.74, 6) is -6.24. The second kappa shape index (κ2) is 4.12. The number of nitrogens with two attached hydrogens (primary N) is 1. The third-order valence-corrected chi connectivity index (χ3v) is 2.16. The van der Waals surface area contributed by atoms with Crippen molar-refractivity contribution < 1.29 is 18.7 Å². The molecule has 1 aromatic carbocycles. The highest BCUT2D eigenvalue weighted by atomic mass is 35.5.